The van der Waals surface area contributed by atoms with E-state index in [-0.39, 0.29) is 10.8 Å². The molecule has 5 rings (SSSR count). The number of benzene rings is 2. The van der Waals surface area contributed by atoms with Crippen molar-refractivity contribution in [3.8, 4) is 16.9 Å². The fraction of sp³-hybridized carbons (Fsp3) is 0.345. The highest BCUT2D eigenvalue weighted by Crippen LogP contribution is 2.35. The van der Waals surface area contributed by atoms with Crippen LogP contribution in [0.4, 0.5) is 0 Å². The molecule has 3 heterocycles. The summed E-state index contributed by atoms with van der Waals surface area (Å²) in [5, 5.41) is 4.84. The van der Waals surface area contributed by atoms with Crippen molar-refractivity contribution in [1.82, 2.24) is 19.0 Å². The van der Waals surface area contributed by atoms with Crippen molar-refractivity contribution in [3.63, 3.8) is 0 Å². The third-order valence-corrected chi connectivity index (χ3v) is 10.1. The zero-order valence-corrected chi connectivity index (χ0v) is 24.8. The van der Waals surface area contributed by atoms with Gasteiger partial charge in [-0.05, 0) is 36.8 Å². The summed E-state index contributed by atoms with van der Waals surface area (Å²) in [6, 6.07) is 16.5. The molecular weight excluding hydrogens is 565 g/mol. The number of sulfonamides is 1. The topological polar surface area (TPSA) is 84.7 Å². The van der Waals surface area contributed by atoms with Gasteiger partial charge in [0.25, 0.3) is 5.91 Å². The van der Waals surface area contributed by atoms with E-state index in [0.29, 0.717) is 58.9 Å². The molecule has 2 saturated heterocycles. The number of thioether (sulfide) groups is 1. The highest BCUT2D eigenvalue weighted by Gasteiger charge is 2.32. The van der Waals surface area contributed by atoms with E-state index in [1.807, 2.05) is 48.7 Å². The molecule has 1 aromatic heterocycles. The van der Waals surface area contributed by atoms with E-state index in [0.717, 1.165) is 31.4 Å². The Kier molecular flexibility index (Phi) is 9.17. The second-order valence-electron chi connectivity index (χ2n) is 9.65. The fourth-order valence-electron chi connectivity index (χ4n) is 4.70. The van der Waals surface area contributed by atoms with Crippen molar-refractivity contribution < 1.29 is 17.9 Å². The zero-order valence-electron chi connectivity index (χ0n) is 22.4. The quantitative estimate of drug-likeness (QED) is 0.177. The third kappa shape index (κ3) is 6.23. The Balaban J connectivity index is 1.51. The van der Waals surface area contributed by atoms with Crippen molar-refractivity contribution >= 4 is 50.3 Å². The Morgan fingerprint density at radius 3 is 2.58 bits per heavy atom. The summed E-state index contributed by atoms with van der Waals surface area (Å²) in [5.74, 6) is -0.103. The number of carbonyl (C=O) groups is 1. The van der Waals surface area contributed by atoms with Gasteiger partial charge in [0.2, 0.25) is 10.0 Å². The summed E-state index contributed by atoms with van der Waals surface area (Å²) in [5.41, 5.74) is 2.78. The summed E-state index contributed by atoms with van der Waals surface area (Å²) in [6.07, 6.45) is 7.91. The second-order valence-corrected chi connectivity index (χ2v) is 13.3. The molecule has 1 amide bonds. The van der Waals surface area contributed by atoms with Gasteiger partial charge in [0.15, 0.2) is 0 Å². The second kappa shape index (κ2) is 12.8. The van der Waals surface area contributed by atoms with E-state index < -0.39 is 10.0 Å². The smallest absolute Gasteiger partial charge is 0.266 e. The van der Waals surface area contributed by atoms with Gasteiger partial charge in [0, 0.05) is 37.0 Å². The zero-order chi connectivity index (χ0) is 28.1. The van der Waals surface area contributed by atoms with Crippen molar-refractivity contribution in [2.75, 3.05) is 32.8 Å². The number of thiocarbonyl (C=S) groups is 1. The molecule has 210 valence electrons. The minimum atomic E-state index is -3.69. The average Bonchev–Trinajstić information content (AvgIpc) is 3.52. The van der Waals surface area contributed by atoms with E-state index in [1.54, 1.807) is 27.8 Å². The lowest BCUT2D eigenvalue weighted by molar-refractivity contribution is -0.122. The predicted molar refractivity (Wildman–Crippen MR) is 163 cm³/mol. The number of amides is 1. The van der Waals surface area contributed by atoms with Gasteiger partial charge in [-0.1, -0.05) is 80.5 Å². The molecule has 0 spiro atoms. The van der Waals surface area contributed by atoms with Crippen LogP contribution in [-0.4, -0.2) is 70.5 Å². The van der Waals surface area contributed by atoms with Crippen LogP contribution in [0.1, 0.15) is 38.2 Å². The van der Waals surface area contributed by atoms with Crippen LogP contribution in [0.5, 0.6) is 0 Å². The van der Waals surface area contributed by atoms with E-state index in [2.05, 4.69) is 6.92 Å². The molecule has 2 aliphatic heterocycles. The van der Waals surface area contributed by atoms with Crippen LogP contribution in [0.3, 0.4) is 0 Å². The molecule has 3 aromatic rings. The predicted octanol–water partition coefficient (Wildman–Crippen LogP) is 5.34. The molecule has 0 unspecified atom stereocenters. The standard InChI is InChI=1S/C29H32N4O4S3/c1-2-3-4-8-14-32-28(34)26(39-29(32)38)20-23-21-33(24-11-6-5-7-12-24)30-27(23)22-10-9-13-25(19-22)40(35,36)31-15-17-37-18-16-31/h5-7,9-13,19-21H,2-4,8,14-18H2,1H3/b26-20-. The van der Waals surface area contributed by atoms with Crippen LogP contribution in [0.15, 0.2) is 70.6 Å². The monoisotopic (exact) mass is 596 g/mol. The van der Waals surface area contributed by atoms with Crippen LogP contribution in [-0.2, 0) is 19.6 Å². The van der Waals surface area contributed by atoms with Gasteiger partial charge in [-0.15, -0.1) is 0 Å². The summed E-state index contributed by atoms with van der Waals surface area (Å²) in [4.78, 5) is 15.7. The summed E-state index contributed by atoms with van der Waals surface area (Å²) >= 11 is 6.84. The Bertz CT molecular complexity index is 1510. The first-order chi connectivity index (χ1) is 19.4. The lowest BCUT2D eigenvalue weighted by Crippen LogP contribution is -2.40. The number of carbonyl (C=O) groups excluding carboxylic acids is 1. The number of aromatic nitrogens is 2. The van der Waals surface area contributed by atoms with Gasteiger partial charge in [-0.2, -0.15) is 9.40 Å². The lowest BCUT2D eigenvalue weighted by Gasteiger charge is -2.26. The minimum absolute atomic E-state index is 0.103. The summed E-state index contributed by atoms with van der Waals surface area (Å²) in [7, 11) is -3.69. The molecular formula is C29H32N4O4S3. The average molecular weight is 597 g/mol. The Morgan fingerprint density at radius 1 is 1.05 bits per heavy atom. The van der Waals surface area contributed by atoms with Crippen molar-refractivity contribution in [1.29, 1.82) is 0 Å². The largest absolute Gasteiger partial charge is 0.379 e. The molecule has 40 heavy (non-hydrogen) atoms. The summed E-state index contributed by atoms with van der Waals surface area (Å²) in [6.45, 7) is 4.16. The van der Waals surface area contributed by atoms with E-state index >= 15 is 0 Å². The Morgan fingerprint density at radius 2 is 1.82 bits per heavy atom. The number of hydrogen-bond acceptors (Lipinski definition) is 7. The van der Waals surface area contributed by atoms with Crippen LogP contribution < -0.4 is 0 Å². The maximum Gasteiger partial charge on any atom is 0.266 e. The molecule has 0 atom stereocenters. The number of hydrogen-bond donors (Lipinski definition) is 0. The van der Waals surface area contributed by atoms with Gasteiger partial charge >= 0.3 is 0 Å². The highest BCUT2D eigenvalue weighted by molar-refractivity contribution is 8.26. The van der Waals surface area contributed by atoms with Crippen molar-refractivity contribution in [3.05, 3.63) is 71.3 Å². The van der Waals surface area contributed by atoms with Gasteiger partial charge in [0.05, 0.1) is 28.7 Å². The van der Waals surface area contributed by atoms with Gasteiger partial charge in [0.1, 0.15) is 10.0 Å². The van der Waals surface area contributed by atoms with Gasteiger partial charge in [-0.25, -0.2) is 13.1 Å². The van der Waals surface area contributed by atoms with Gasteiger partial charge < -0.3 is 4.74 Å². The number of nitrogens with zero attached hydrogens (tertiary/aromatic N) is 4. The first-order valence-corrected chi connectivity index (χ1v) is 16.1. The Hall–Kier alpha value is -2.83. The Labute approximate surface area is 245 Å². The molecule has 2 fully saturated rings. The van der Waals surface area contributed by atoms with E-state index in [9.17, 15) is 13.2 Å². The van der Waals surface area contributed by atoms with Crippen LogP contribution >= 0.6 is 24.0 Å². The maximum atomic E-state index is 13.4. The lowest BCUT2D eigenvalue weighted by atomic mass is 10.1. The molecule has 0 aliphatic carbocycles. The fourth-order valence-corrected chi connectivity index (χ4v) is 7.45. The minimum Gasteiger partial charge on any atom is -0.379 e. The molecule has 2 aromatic carbocycles. The normalized spacial score (nSPS) is 17.7. The van der Waals surface area contributed by atoms with Crippen LogP contribution in [0.2, 0.25) is 0 Å². The highest BCUT2D eigenvalue weighted by atomic mass is 32.2. The van der Waals surface area contributed by atoms with Crippen molar-refractivity contribution in [2.24, 2.45) is 0 Å². The molecule has 0 N–H and O–H groups in total. The number of morpholine rings is 1. The molecule has 2 aliphatic rings. The molecule has 0 saturated carbocycles. The maximum absolute atomic E-state index is 13.4. The van der Waals surface area contributed by atoms with Crippen LogP contribution in [0, 0.1) is 0 Å². The molecule has 11 heteroatoms. The number of unbranched alkanes of at least 4 members (excludes halogenated alkanes) is 3. The first kappa shape index (κ1) is 28.7. The molecule has 8 nitrogen and oxygen atoms in total. The third-order valence-electron chi connectivity index (χ3n) is 6.87. The number of para-hydroxylation sites is 1. The van der Waals surface area contributed by atoms with E-state index in [4.69, 9.17) is 22.1 Å². The van der Waals surface area contributed by atoms with Crippen LogP contribution in [0.25, 0.3) is 23.0 Å². The van der Waals surface area contributed by atoms with Gasteiger partial charge in [-0.3, -0.25) is 9.69 Å². The van der Waals surface area contributed by atoms with E-state index in [1.165, 1.54) is 16.1 Å². The van der Waals surface area contributed by atoms with Crippen molar-refractivity contribution in [2.45, 2.75) is 37.5 Å². The first-order valence-electron chi connectivity index (χ1n) is 13.5. The SMILES string of the molecule is CCCCCCN1C(=O)/C(=C/c2cn(-c3ccccc3)nc2-c2cccc(S(=O)(=O)N3CCOCC3)c2)SC1=S. The molecule has 0 radical (unpaired) electrons. The summed E-state index contributed by atoms with van der Waals surface area (Å²) < 4.78 is 35.8. The number of ether oxygens (including phenoxy) is 1. The molecule has 0 bridgehead atoms. The number of rotatable bonds is 10.